The van der Waals surface area contributed by atoms with Crippen molar-refractivity contribution < 1.29 is 5.21 Å². The Morgan fingerprint density at radius 3 is 2.88 bits per heavy atom. The maximum Gasteiger partial charge on any atom is 0.206 e. The Balaban J connectivity index is 2.39. The molecule has 0 saturated carbocycles. The Kier molecular flexibility index (Phi) is 5.39. The van der Waals surface area contributed by atoms with Crippen LogP contribution in [-0.2, 0) is 6.54 Å². The summed E-state index contributed by atoms with van der Waals surface area (Å²) < 4.78 is 1.92. The molecule has 1 aromatic heterocycles. The molecule has 0 fully saturated rings. The van der Waals surface area contributed by atoms with Crippen molar-refractivity contribution in [2.24, 2.45) is 10.9 Å². The molecule has 5 heteroatoms. The topological polar surface area (TPSA) is 76.4 Å². The van der Waals surface area contributed by atoms with Gasteiger partial charge in [-0.15, -0.1) is 0 Å². The number of amidine groups is 1. The number of hydrogen-bond donors (Lipinski definition) is 2. The monoisotopic (exact) mass is 224 g/mol. The quantitative estimate of drug-likeness (QED) is 0.244. The number of nitrogens with zero attached hydrogens (tertiary/aromatic N) is 3. The van der Waals surface area contributed by atoms with Crippen LogP contribution >= 0.6 is 0 Å². The summed E-state index contributed by atoms with van der Waals surface area (Å²) in [5.74, 6) is 0.608. The van der Waals surface area contributed by atoms with Gasteiger partial charge in [0.2, 0.25) is 5.84 Å². The van der Waals surface area contributed by atoms with Gasteiger partial charge in [0, 0.05) is 18.9 Å². The third kappa shape index (κ3) is 3.56. The van der Waals surface area contributed by atoms with E-state index in [1.54, 1.807) is 6.20 Å². The zero-order chi connectivity index (χ0) is 11.8. The van der Waals surface area contributed by atoms with Gasteiger partial charge >= 0.3 is 0 Å². The van der Waals surface area contributed by atoms with Gasteiger partial charge < -0.3 is 15.5 Å². The average molecular weight is 224 g/mol. The maximum absolute atomic E-state index is 8.58. The lowest BCUT2D eigenvalue weighted by Gasteiger charge is -2.06. The Morgan fingerprint density at radius 2 is 2.19 bits per heavy atom. The molecule has 0 aromatic carbocycles. The first-order chi connectivity index (χ1) is 7.79. The van der Waals surface area contributed by atoms with Crippen molar-refractivity contribution in [3.05, 3.63) is 18.2 Å². The number of aryl methyl sites for hydroxylation is 1. The Hall–Kier alpha value is -1.52. The third-order valence-corrected chi connectivity index (χ3v) is 2.55. The van der Waals surface area contributed by atoms with Crippen molar-refractivity contribution in [1.82, 2.24) is 9.55 Å². The zero-order valence-corrected chi connectivity index (χ0v) is 9.76. The second-order valence-electron chi connectivity index (χ2n) is 3.84. The second-order valence-corrected chi connectivity index (χ2v) is 3.84. The number of aromatic nitrogens is 2. The molecule has 0 aliphatic rings. The minimum absolute atomic E-state index is 0.0681. The lowest BCUT2D eigenvalue weighted by atomic mass is 10.1. The fourth-order valence-corrected chi connectivity index (χ4v) is 1.65. The van der Waals surface area contributed by atoms with E-state index in [1.165, 1.54) is 25.7 Å². The van der Waals surface area contributed by atoms with E-state index < -0.39 is 0 Å². The summed E-state index contributed by atoms with van der Waals surface area (Å²) in [6.45, 7) is 3.07. The molecular weight excluding hydrogens is 204 g/mol. The van der Waals surface area contributed by atoms with Gasteiger partial charge in [0.15, 0.2) is 5.82 Å². The highest BCUT2D eigenvalue weighted by atomic mass is 16.4. The molecule has 0 amide bonds. The summed E-state index contributed by atoms with van der Waals surface area (Å²) >= 11 is 0. The predicted molar refractivity (Wildman–Crippen MR) is 63.5 cm³/mol. The predicted octanol–water partition coefficient (Wildman–Crippen LogP) is 1.95. The summed E-state index contributed by atoms with van der Waals surface area (Å²) in [5, 5.41) is 11.5. The number of oxime groups is 1. The molecule has 16 heavy (non-hydrogen) atoms. The van der Waals surface area contributed by atoms with E-state index in [0.717, 1.165) is 13.0 Å². The molecule has 1 heterocycles. The number of nitrogens with two attached hydrogens (primary N) is 1. The molecule has 0 atom stereocenters. The number of unbranched alkanes of at least 4 members (excludes halogenated alkanes) is 4. The van der Waals surface area contributed by atoms with Crippen LogP contribution in [0.1, 0.15) is 44.9 Å². The van der Waals surface area contributed by atoms with Crippen LogP contribution in [0.2, 0.25) is 0 Å². The standard InChI is InChI=1S/C11H20N4O/c1-2-3-4-5-6-8-15-9-7-13-11(15)10(12)14-16/h7,9,16H,2-6,8H2,1H3,(H2,12,14). The maximum atomic E-state index is 8.58. The molecule has 0 radical (unpaired) electrons. The number of hydrogen-bond acceptors (Lipinski definition) is 3. The molecule has 3 N–H and O–H groups in total. The zero-order valence-electron chi connectivity index (χ0n) is 9.76. The van der Waals surface area contributed by atoms with E-state index in [4.69, 9.17) is 10.9 Å². The summed E-state index contributed by atoms with van der Waals surface area (Å²) in [5.41, 5.74) is 5.51. The fraction of sp³-hybridized carbons (Fsp3) is 0.636. The molecule has 1 aromatic rings. The van der Waals surface area contributed by atoms with Crippen molar-refractivity contribution in [3.8, 4) is 0 Å². The largest absolute Gasteiger partial charge is 0.409 e. The highest BCUT2D eigenvalue weighted by Gasteiger charge is 2.06. The smallest absolute Gasteiger partial charge is 0.206 e. The van der Waals surface area contributed by atoms with E-state index in [2.05, 4.69) is 17.1 Å². The molecule has 0 unspecified atom stereocenters. The van der Waals surface area contributed by atoms with Gasteiger partial charge in [-0.2, -0.15) is 0 Å². The summed E-state index contributed by atoms with van der Waals surface area (Å²) in [6, 6.07) is 0. The lowest BCUT2D eigenvalue weighted by molar-refractivity contribution is 0.318. The van der Waals surface area contributed by atoms with Gasteiger partial charge in [-0.1, -0.05) is 37.8 Å². The minimum atomic E-state index is 0.0681. The van der Waals surface area contributed by atoms with Crippen LogP contribution in [-0.4, -0.2) is 20.6 Å². The Morgan fingerprint density at radius 1 is 1.44 bits per heavy atom. The number of imidazole rings is 1. The SMILES string of the molecule is CCCCCCCn1ccnc1C(N)=NO. The first kappa shape index (κ1) is 12.5. The van der Waals surface area contributed by atoms with Crippen molar-refractivity contribution in [1.29, 1.82) is 0 Å². The Bertz CT molecular complexity index is 332. The van der Waals surface area contributed by atoms with Crippen LogP contribution in [0.15, 0.2) is 17.5 Å². The van der Waals surface area contributed by atoms with Crippen LogP contribution in [0, 0.1) is 0 Å². The van der Waals surface area contributed by atoms with E-state index in [0.29, 0.717) is 5.82 Å². The first-order valence-corrected chi connectivity index (χ1v) is 5.78. The van der Waals surface area contributed by atoms with Gasteiger partial charge in [0.05, 0.1) is 0 Å². The second kappa shape index (κ2) is 6.87. The van der Waals surface area contributed by atoms with E-state index in [-0.39, 0.29) is 5.84 Å². The van der Waals surface area contributed by atoms with E-state index in [9.17, 15) is 0 Å². The normalized spacial score (nSPS) is 11.9. The van der Waals surface area contributed by atoms with Crippen LogP contribution in [0.4, 0.5) is 0 Å². The highest BCUT2D eigenvalue weighted by molar-refractivity contribution is 5.93. The summed E-state index contributed by atoms with van der Waals surface area (Å²) in [4.78, 5) is 4.05. The first-order valence-electron chi connectivity index (χ1n) is 5.78. The van der Waals surface area contributed by atoms with Crippen molar-refractivity contribution >= 4 is 5.84 Å². The van der Waals surface area contributed by atoms with Gasteiger partial charge in [-0.05, 0) is 6.42 Å². The molecule has 0 spiro atoms. The van der Waals surface area contributed by atoms with Crippen LogP contribution < -0.4 is 5.73 Å². The Labute approximate surface area is 96.0 Å². The average Bonchev–Trinajstić information content (AvgIpc) is 2.76. The van der Waals surface area contributed by atoms with Gasteiger partial charge in [0.25, 0.3) is 0 Å². The van der Waals surface area contributed by atoms with Crippen molar-refractivity contribution in [3.63, 3.8) is 0 Å². The summed E-state index contributed by atoms with van der Waals surface area (Å²) in [7, 11) is 0. The van der Waals surface area contributed by atoms with Gasteiger partial charge in [-0.3, -0.25) is 0 Å². The third-order valence-electron chi connectivity index (χ3n) is 2.55. The van der Waals surface area contributed by atoms with E-state index >= 15 is 0 Å². The lowest BCUT2D eigenvalue weighted by Crippen LogP contribution is -2.19. The number of rotatable bonds is 7. The van der Waals surface area contributed by atoms with E-state index in [1.807, 2.05) is 10.8 Å². The minimum Gasteiger partial charge on any atom is -0.409 e. The van der Waals surface area contributed by atoms with Crippen LogP contribution in [0.3, 0.4) is 0 Å². The molecule has 0 aliphatic heterocycles. The summed E-state index contributed by atoms with van der Waals surface area (Å²) in [6.07, 6.45) is 9.64. The van der Waals surface area contributed by atoms with Crippen LogP contribution in [0.5, 0.6) is 0 Å². The van der Waals surface area contributed by atoms with Gasteiger partial charge in [-0.25, -0.2) is 4.98 Å². The molecule has 1 rings (SSSR count). The molecule has 0 bridgehead atoms. The van der Waals surface area contributed by atoms with Crippen molar-refractivity contribution in [2.75, 3.05) is 0 Å². The molecule has 90 valence electrons. The molecule has 0 saturated heterocycles. The van der Waals surface area contributed by atoms with Crippen LogP contribution in [0.25, 0.3) is 0 Å². The highest BCUT2D eigenvalue weighted by Crippen LogP contribution is 2.06. The fourth-order valence-electron chi connectivity index (χ4n) is 1.65. The van der Waals surface area contributed by atoms with Gasteiger partial charge in [0.1, 0.15) is 0 Å². The molecule has 0 aliphatic carbocycles. The molecule has 5 nitrogen and oxygen atoms in total. The van der Waals surface area contributed by atoms with Crippen molar-refractivity contribution in [2.45, 2.75) is 45.6 Å². The molecular formula is C11H20N4O.